The molecule has 118 valence electrons. The van der Waals surface area contributed by atoms with Crippen molar-refractivity contribution in [3.8, 4) is 0 Å². The fraction of sp³-hybridized carbons (Fsp3) is 0.684. The average molecular weight is 288 g/mol. The Kier molecular flexibility index (Phi) is 5.83. The number of nitrogens with two attached hydrogens (primary N) is 1. The van der Waals surface area contributed by atoms with Gasteiger partial charge in [-0.05, 0) is 48.9 Å². The molecule has 1 aromatic carbocycles. The van der Waals surface area contributed by atoms with Gasteiger partial charge in [0.15, 0.2) is 0 Å². The lowest BCUT2D eigenvalue weighted by molar-refractivity contribution is 0.0914. The zero-order chi connectivity index (χ0) is 15.3. The van der Waals surface area contributed by atoms with E-state index in [1.54, 1.807) is 0 Å². The first-order valence-corrected chi connectivity index (χ1v) is 8.69. The van der Waals surface area contributed by atoms with Crippen LogP contribution >= 0.6 is 0 Å². The third kappa shape index (κ3) is 4.08. The fourth-order valence-electron chi connectivity index (χ4n) is 3.55. The summed E-state index contributed by atoms with van der Waals surface area (Å²) in [7, 11) is 0. The first-order valence-electron chi connectivity index (χ1n) is 8.69. The lowest BCUT2D eigenvalue weighted by Gasteiger charge is -2.41. The van der Waals surface area contributed by atoms with Crippen LogP contribution < -0.4 is 5.73 Å². The summed E-state index contributed by atoms with van der Waals surface area (Å²) in [6.07, 6.45) is 6.41. The van der Waals surface area contributed by atoms with E-state index in [0.29, 0.717) is 5.41 Å². The van der Waals surface area contributed by atoms with Crippen molar-refractivity contribution in [1.82, 2.24) is 4.90 Å². The number of likely N-dealkylation sites (tertiary alicyclic amines) is 1. The molecule has 1 aliphatic rings. The van der Waals surface area contributed by atoms with Crippen molar-refractivity contribution in [2.24, 2.45) is 11.1 Å². The van der Waals surface area contributed by atoms with E-state index in [-0.39, 0.29) is 6.04 Å². The van der Waals surface area contributed by atoms with Crippen molar-refractivity contribution in [3.63, 3.8) is 0 Å². The smallest absolute Gasteiger partial charge is 0.0424 e. The van der Waals surface area contributed by atoms with Crippen LogP contribution in [0.15, 0.2) is 24.3 Å². The molecule has 2 heteroatoms. The summed E-state index contributed by atoms with van der Waals surface area (Å²) in [6.45, 7) is 10.3. The molecule has 1 fully saturated rings. The Morgan fingerprint density at radius 2 is 1.62 bits per heavy atom. The quantitative estimate of drug-likeness (QED) is 0.852. The molecule has 0 bridgehead atoms. The standard InChI is InChI=1S/C19H32N2/c1-4-16-7-9-17(10-8-16)18(20)15-21-13-11-19(5-2,6-3)12-14-21/h7-10,18H,4-6,11-15,20H2,1-3H3. The van der Waals surface area contributed by atoms with Gasteiger partial charge in [-0.1, -0.05) is 57.9 Å². The Morgan fingerprint density at radius 3 is 2.10 bits per heavy atom. The van der Waals surface area contributed by atoms with Gasteiger partial charge < -0.3 is 10.6 Å². The van der Waals surface area contributed by atoms with Gasteiger partial charge in [0.05, 0.1) is 0 Å². The van der Waals surface area contributed by atoms with Crippen LogP contribution in [0.1, 0.15) is 63.6 Å². The zero-order valence-corrected chi connectivity index (χ0v) is 14.1. The predicted molar refractivity (Wildman–Crippen MR) is 91.4 cm³/mol. The van der Waals surface area contributed by atoms with Crippen LogP contribution in [0.25, 0.3) is 0 Å². The van der Waals surface area contributed by atoms with E-state index >= 15 is 0 Å². The van der Waals surface area contributed by atoms with E-state index in [2.05, 4.69) is 49.9 Å². The van der Waals surface area contributed by atoms with Crippen molar-refractivity contribution in [2.75, 3.05) is 19.6 Å². The van der Waals surface area contributed by atoms with Gasteiger partial charge in [0.25, 0.3) is 0 Å². The van der Waals surface area contributed by atoms with Gasteiger partial charge in [-0.2, -0.15) is 0 Å². The number of rotatable bonds is 6. The minimum atomic E-state index is 0.145. The van der Waals surface area contributed by atoms with E-state index in [1.165, 1.54) is 49.9 Å². The highest BCUT2D eigenvalue weighted by molar-refractivity contribution is 5.25. The number of hydrogen-bond donors (Lipinski definition) is 1. The van der Waals surface area contributed by atoms with Gasteiger partial charge >= 0.3 is 0 Å². The molecule has 0 saturated carbocycles. The second kappa shape index (κ2) is 7.42. The molecule has 2 nitrogen and oxygen atoms in total. The summed E-state index contributed by atoms with van der Waals surface area (Å²) in [6, 6.07) is 8.98. The van der Waals surface area contributed by atoms with Gasteiger partial charge in [-0.3, -0.25) is 0 Å². The largest absolute Gasteiger partial charge is 0.323 e. The second-order valence-electron chi connectivity index (χ2n) is 6.71. The molecule has 1 aromatic rings. The van der Waals surface area contributed by atoms with Gasteiger partial charge in [0.1, 0.15) is 0 Å². The van der Waals surface area contributed by atoms with Gasteiger partial charge in [0.2, 0.25) is 0 Å². The highest BCUT2D eigenvalue weighted by Gasteiger charge is 2.31. The Labute approximate surface area is 130 Å². The monoisotopic (exact) mass is 288 g/mol. The third-order valence-electron chi connectivity index (χ3n) is 5.69. The van der Waals surface area contributed by atoms with Crippen molar-refractivity contribution in [2.45, 2.75) is 58.9 Å². The van der Waals surface area contributed by atoms with E-state index in [1.807, 2.05) is 0 Å². The van der Waals surface area contributed by atoms with Crippen LogP contribution in [0.3, 0.4) is 0 Å². The number of hydrogen-bond acceptors (Lipinski definition) is 2. The molecule has 21 heavy (non-hydrogen) atoms. The molecule has 1 heterocycles. The number of piperidine rings is 1. The number of nitrogens with zero attached hydrogens (tertiary/aromatic N) is 1. The summed E-state index contributed by atoms with van der Waals surface area (Å²) >= 11 is 0. The maximum atomic E-state index is 6.41. The predicted octanol–water partition coefficient (Wildman–Crippen LogP) is 4.15. The molecule has 1 saturated heterocycles. The molecule has 1 atom stereocenters. The highest BCUT2D eigenvalue weighted by atomic mass is 15.1. The molecule has 0 amide bonds. The molecule has 1 aliphatic heterocycles. The first kappa shape index (κ1) is 16.5. The minimum Gasteiger partial charge on any atom is -0.323 e. The highest BCUT2D eigenvalue weighted by Crippen LogP contribution is 2.38. The lowest BCUT2D eigenvalue weighted by Crippen LogP contribution is -2.42. The van der Waals surface area contributed by atoms with Gasteiger partial charge in [-0.15, -0.1) is 0 Å². The molecule has 1 unspecified atom stereocenters. The van der Waals surface area contributed by atoms with Crippen LogP contribution in [0.5, 0.6) is 0 Å². The summed E-state index contributed by atoms with van der Waals surface area (Å²) in [4.78, 5) is 2.56. The molecule has 0 spiro atoms. The van der Waals surface area contributed by atoms with Crippen molar-refractivity contribution < 1.29 is 0 Å². The van der Waals surface area contributed by atoms with E-state index in [9.17, 15) is 0 Å². The molecule has 2 N–H and O–H groups in total. The molecule has 0 aromatic heterocycles. The molecular weight excluding hydrogens is 256 g/mol. The summed E-state index contributed by atoms with van der Waals surface area (Å²) in [5.74, 6) is 0. The van der Waals surface area contributed by atoms with Crippen LogP contribution in [-0.4, -0.2) is 24.5 Å². The third-order valence-corrected chi connectivity index (χ3v) is 5.69. The number of benzene rings is 1. The SMILES string of the molecule is CCc1ccc(C(N)CN2CCC(CC)(CC)CC2)cc1. The Hall–Kier alpha value is -0.860. The van der Waals surface area contributed by atoms with E-state index in [4.69, 9.17) is 5.73 Å². The average Bonchev–Trinajstić information content (AvgIpc) is 2.56. The van der Waals surface area contributed by atoms with E-state index < -0.39 is 0 Å². The fourth-order valence-corrected chi connectivity index (χ4v) is 3.55. The van der Waals surface area contributed by atoms with E-state index in [0.717, 1.165) is 13.0 Å². The summed E-state index contributed by atoms with van der Waals surface area (Å²) in [5, 5.41) is 0. The minimum absolute atomic E-state index is 0.145. The molecular formula is C19H32N2. The van der Waals surface area contributed by atoms with Crippen LogP contribution in [0, 0.1) is 5.41 Å². The molecule has 0 aliphatic carbocycles. The van der Waals surface area contributed by atoms with Crippen LogP contribution in [0.4, 0.5) is 0 Å². The molecule has 2 rings (SSSR count). The Balaban J connectivity index is 1.87. The summed E-state index contributed by atoms with van der Waals surface area (Å²) < 4.78 is 0. The van der Waals surface area contributed by atoms with Gasteiger partial charge in [0, 0.05) is 12.6 Å². The van der Waals surface area contributed by atoms with Crippen LogP contribution in [-0.2, 0) is 6.42 Å². The normalized spacial score (nSPS) is 20.4. The van der Waals surface area contributed by atoms with Gasteiger partial charge in [-0.25, -0.2) is 0 Å². The summed E-state index contributed by atoms with van der Waals surface area (Å²) in [5.41, 5.74) is 9.67. The van der Waals surface area contributed by atoms with Crippen molar-refractivity contribution in [3.05, 3.63) is 35.4 Å². The maximum absolute atomic E-state index is 6.41. The number of aryl methyl sites for hydroxylation is 1. The van der Waals surface area contributed by atoms with Crippen LogP contribution in [0.2, 0.25) is 0 Å². The Bertz CT molecular complexity index is 410. The second-order valence-corrected chi connectivity index (χ2v) is 6.71. The first-order chi connectivity index (χ1) is 10.1. The lowest BCUT2D eigenvalue weighted by atomic mass is 9.74. The zero-order valence-electron chi connectivity index (χ0n) is 14.1. The topological polar surface area (TPSA) is 29.3 Å². The van der Waals surface area contributed by atoms with Crippen molar-refractivity contribution >= 4 is 0 Å². The van der Waals surface area contributed by atoms with Crippen molar-refractivity contribution in [1.29, 1.82) is 0 Å². The Morgan fingerprint density at radius 1 is 1.05 bits per heavy atom. The maximum Gasteiger partial charge on any atom is 0.0424 e. The molecule has 0 radical (unpaired) electrons.